The Labute approximate surface area is 202 Å². The number of Topliss-reactive ketones (excluding diaryl/α,β-unsaturated/α-hetero) is 1. The molecule has 0 spiro atoms. The van der Waals surface area contributed by atoms with Crippen LogP contribution in [0.25, 0.3) is 0 Å². The van der Waals surface area contributed by atoms with E-state index in [-0.39, 0.29) is 18.3 Å². The van der Waals surface area contributed by atoms with Gasteiger partial charge in [-0.25, -0.2) is 9.59 Å². The van der Waals surface area contributed by atoms with Crippen molar-refractivity contribution in [1.29, 1.82) is 0 Å². The van der Waals surface area contributed by atoms with E-state index in [2.05, 4.69) is 16.0 Å². The predicted octanol–water partition coefficient (Wildman–Crippen LogP) is 4.17. The molecule has 4 rings (SSSR count). The van der Waals surface area contributed by atoms with E-state index in [1.165, 1.54) is 11.3 Å². The van der Waals surface area contributed by atoms with Crippen LogP contribution in [0.5, 0.6) is 0 Å². The largest absolute Gasteiger partial charge is 0.462 e. The number of ether oxygens (including phenoxy) is 1. The van der Waals surface area contributed by atoms with Gasteiger partial charge in [-0.05, 0) is 81.5 Å². The highest BCUT2D eigenvalue weighted by molar-refractivity contribution is 7.17. The smallest absolute Gasteiger partial charge is 0.341 e. The lowest BCUT2D eigenvalue weighted by atomic mass is 9.86. The van der Waals surface area contributed by atoms with E-state index in [1.807, 2.05) is 17.5 Å². The van der Waals surface area contributed by atoms with E-state index in [0.29, 0.717) is 17.0 Å². The standard InChI is InChI=1S/C24H31N3O4S2/c1-2-31-23(29)20-17-7-3-4-8-19(17)33-22(20)27-24(30)26-21(15-9-11-25-12-10-15)18(28)14-16-6-5-13-32-16/h5-6,13,15,21,25H,2-4,7-12,14H2,1H3,(H2,26,27,30). The zero-order valence-corrected chi connectivity index (χ0v) is 20.5. The molecule has 3 N–H and O–H groups in total. The van der Waals surface area contributed by atoms with Crippen LogP contribution in [0.2, 0.25) is 0 Å². The molecule has 1 atom stereocenters. The van der Waals surface area contributed by atoms with Gasteiger partial charge in [0.2, 0.25) is 0 Å². The van der Waals surface area contributed by atoms with Crippen molar-refractivity contribution in [2.24, 2.45) is 5.92 Å². The second-order valence-electron chi connectivity index (χ2n) is 8.52. The van der Waals surface area contributed by atoms with Crippen LogP contribution in [0.4, 0.5) is 9.80 Å². The lowest BCUT2D eigenvalue weighted by Gasteiger charge is -2.30. The van der Waals surface area contributed by atoms with Crippen LogP contribution in [0.1, 0.15) is 58.3 Å². The molecular formula is C24H31N3O4S2. The van der Waals surface area contributed by atoms with Crippen molar-refractivity contribution in [3.05, 3.63) is 38.4 Å². The van der Waals surface area contributed by atoms with Gasteiger partial charge in [-0.1, -0.05) is 6.07 Å². The van der Waals surface area contributed by atoms with Crippen molar-refractivity contribution in [3.63, 3.8) is 0 Å². The van der Waals surface area contributed by atoms with Crippen LogP contribution in [0, 0.1) is 5.92 Å². The summed E-state index contributed by atoms with van der Waals surface area (Å²) < 4.78 is 5.28. The van der Waals surface area contributed by atoms with Gasteiger partial charge in [0, 0.05) is 16.2 Å². The number of ketones is 1. The maximum absolute atomic E-state index is 13.2. The van der Waals surface area contributed by atoms with Crippen LogP contribution >= 0.6 is 22.7 Å². The van der Waals surface area contributed by atoms with Crippen LogP contribution in [0.3, 0.4) is 0 Å². The van der Waals surface area contributed by atoms with Crippen molar-refractivity contribution >= 4 is 45.5 Å². The van der Waals surface area contributed by atoms with Crippen LogP contribution in [-0.2, 0) is 28.8 Å². The maximum Gasteiger partial charge on any atom is 0.341 e. The fourth-order valence-electron chi connectivity index (χ4n) is 4.69. The maximum atomic E-state index is 13.2. The minimum absolute atomic E-state index is 0.0237. The molecule has 0 radical (unpaired) electrons. The Morgan fingerprint density at radius 3 is 2.73 bits per heavy atom. The minimum Gasteiger partial charge on any atom is -0.462 e. The van der Waals surface area contributed by atoms with E-state index in [0.717, 1.165) is 66.9 Å². The molecule has 2 aromatic rings. The van der Waals surface area contributed by atoms with E-state index >= 15 is 0 Å². The van der Waals surface area contributed by atoms with Crippen molar-refractivity contribution < 1.29 is 19.1 Å². The Balaban J connectivity index is 1.51. The van der Waals surface area contributed by atoms with Crippen molar-refractivity contribution in [2.45, 2.75) is 57.9 Å². The quantitative estimate of drug-likeness (QED) is 0.484. The Bertz CT molecular complexity index is 980. The Morgan fingerprint density at radius 1 is 1.21 bits per heavy atom. The molecule has 3 heterocycles. The van der Waals surface area contributed by atoms with Gasteiger partial charge in [-0.2, -0.15) is 0 Å². The fourth-order valence-corrected chi connectivity index (χ4v) is 6.67. The molecule has 2 aliphatic rings. The number of piperidine rings is 1. The first kappa shape index (κ1) is 23.9. The summed E-state index contributed by atoms with van der Waals surface area (Å²) in [5.74, 6) is -0.281. The van der Waals surface area contributed by atoms with Gasteiger partial charge in [0.05, 0.1) is 18.2 Å². The number of amides is 2. The van der Waals surface area contributed by atoms with Crippen molar-refractivity contribution in [3.8, 4) is 0 Å². The molecule has 0 saturated carbocycles. The summed E-state index contributed by atoms with van der Waals surface area (Å²) >= 11 is 3.00. The van der Waals surface area contributed by atoms with E-state index in [4.69, 9.17) is 4.74 Å². The molecule has 9 heteroatoms. The topological polar surface area (TPSA) is 96.5 Å². The van der Waals surface area contributed by atoms with Gasteiger partial charge in [-0.15, -0.1) is 22.7 Å². The summed E-state index contributed by atoms with van der Waals surface area (Å²) in [4.78, 5) is 41.1. The zero-order valence-electron chi connectivity index (χ0n) is 18.9. The molecular weight excluding hydrogens is 458 g/mol. The number of urea groups is 1. The molecule has 1 aliphatic carbocycles. The van der Waals surface area contributed by atoms with Crippen molar-refractivity contribution in [1.82, 2.24) is 10.6 Å². The first-order valence-corrected chi connectivity index (χ1v) is 13.4. The minimum atomic E-state index is -0.560. The number of rotatable bonds is 8. The third-order valence-electron chi connectivity index (χ3n) is 6.30. The lowest BCUT2D eigenvalue weighted by Crippen LogP contribution is -2.50. The van der Waals surface area contributed by atoms with Crippen LogP contribution in [0.15, 0.2) is 17.5 Å². The molecule has 0 bridgehead atoms. The number of carbonyl (C=O) groups is 3. The number of hydrogen-bond donors (Lipinski definition) is 3. The van der Waals surface area contributed by atoms with Crippen LogP contribution < -0.4 is 16.0 Å². The van der Waals surface area contributed by atoms with Gasteiger partial charge < -0.3 is 15.4 Å². The summed E-state index contributed by atoms with van der Waals surface area (Å²) in [6.45, 7) is 3.73. The van der Waals surface area contributed by atoms with Gasteiger partial charge in [0.1, 0.15) is 5.00 Å². The SMILES string of the molecule is CCOC(=O)c1c(NC(=O)NC(C(=O)Cc2cccs2)C2CCNCC2)sc2c1CCCC2. The number of aryl methyl sites for hydroxylation is 1. The fraction of sp³-hybridized carbons (Fsp3) is 0.542. The molecule has 0 aromatic carbocycles. The van der Waals surface area contributed by atoms with Crippen molar-refractivity contribution in [2.75, 3.05) is 25.0 Å². The lowest BCUT2D eigenvalue weighted by molar-refractivity contribution is -0.121. The average Bonchev–Trinajstić information content (AvgIpc) is 3.45. The molecule has 1 fully saturated rings. The first-order valence-electron chi connectivity index (χ1n) is 11.7. The molecule has 7 nitrogen and oxygen atoms in total. The highest BCUT2D eigenvalue weighted by Crippen LogP contribution is 2.38. The third-order valence-corrected chi connectivity index (χ3v) is 8.38. The molecule has 33 heavy (non-hydrogen) atoms. The van der Waals surface area contributed by atoms with Gasteiger partial charge >= 0.3 is 12.0 Å². The Hall–Kier alpha value is -2.23. The number of hydrogen-bond acceptors (Lipinski definition) is 7. The van der Waals surface area contributed by atoms with Gasteiger partial charge in [-0.3, -0.25) is 10.1 Å². The van der Waals surface area contributed by atoms with E-state index < -0.39 is 18.0 Å². The number of carbonyl (C=O) groups excluding carboxylic acids is 3. The summed E-state index contributed by atoms with van der Waals surface area (Å²) in [6, 6.07) is 2.88. The number of fused-ring (bicyclic) bond motifs is 1. The van der Waals surface area contributed by atoms with E-state index in [1.54, 1.807) is 18.3 Å². The molecule has 1 saturated heterocycles. The predicted molar refractivity (Wildman–Crippen MR) is 131 cm³/mol. The number of anilines is 1. The number of esters is 1. The summed E-state index contributed by atoms with van der Waals surface area (Å²) in [5, 5.41) is 11.6. The monoisotopic (exact) mass is 489 g/mol. The average molecular weight is 490 g/mol. The third kappa shape index (κ3) is 5.83. The molecule has 2 aromatic heterocycles. The van der Waals surface area contributed by atoms with E-state index in [9.17, 15) is 14.4 Å². The number of thiophene rings is 2. The molecule has 1 unspecified atom stereocenters. The zero-order chi connectivity index (χ0) is 23.2. The normalized spacial score (nSPS) is 17.1. The summed E-state index contributed by atoms with van der Waals surface area (Å²) in [5.41, 5.74) is 1.48. The Morgan fingerprint density at radius 2 is 2.00 bits per heavy atom. The highest BCUT2D eigenvalue weighted by Gasteiger charge is 2.32. The summed E-state index contributed by atoms with van der Waals surface area (Å²) in [7, 11) is 0. The molecule has 178 valence electrons. The van der Waals surface area contributed by atoms with Gasteiger partial charge in [0.25, 0.3) is 0 Å². The molecule has 1 aliphatic heterocycles. The molecule has 2 amide bonds. The first-order chi connectivity index (χ1) is 16.1. The highest BCUT2D eigenvalue weighted by atomic mass is 32.1. The number of nitrogens with one attached hydrogen (secondary N) is 3. The van der Waals surface area contributed by atoms with Crippen LogP contribution in [-0.4, -0.2) is 43.5 Å². The Kier molecular flexibility index (Phi) is 8.16. The van der Waals surface area contributed by atoms with Gasteiger partial charge in [0.15, 0.2) is 5.78 Å². The summed E-state index contributed by atoms with van der Waals surface area (Å²) in [6.07, 6.45) is 5.82. The second kappa shape index (κ2) is 11.3. The second-order valence-corrected chi connectivity index (χ2v) is 10.7.